The van der Waals surface area contributed by atoms with Crippen molar-refractivity contribution >= 4 is 11.9 Å². The zero-order valence-corrected chi connectivity index (χ0v) is 6.49. The van der Waals surface area contributed by atoms with Gasteiger partial charge in [-0.3, -0.25) is 9.59 Å². The van der Waals surface area contributed by atoms with E-state index < -0.39 is 12.2 Å². The van der Waals surface area contributed by atoms with Gasteiger partial charge in [0, 0.05) is 12.8 Å². The van der Waals surface area contributed by atoms with Crippen LogP contribution in [-0.2, 0) is 9.59 Å². The molecule has 0 spiro atoms. The Bertz CT molecular complexity index is 202. The third kappa shape index (κ3) is 2.50. The second-order valence-corrected chi connectivity index (χ2v) is 2.99. The normalized spacial score (nSPS) is 29.6. The van der Waals surface area contributed by atoms with Gasteiger partial charge in [0.25, 0.3) is 0 Å². The summed E-state index contributed by atoms with van der Waals surface area (Å²) >= 11 is 0. The number of aliphatic hydroxyl groups excluding tert-OH is 1. The highest BCUT2D eigenvalue weighted by Crippen LogP contribution is 2.19. The zero-order valence-electron chi connectivity index (χ0n) is 6.49. The second-order valence-electron chi connectivity index (χ2n) is 2.99. The maximum absolute atomic E-state index is 10.8. The number of carboxylic acids is 1. The molecule has 3 N–H and O–H groups in total. The zero-order chi connectivity index (χ0) is 9.14. The van der Waals surface area contributed by atoms with Gasteiger partial charge in [-0.1, -0.05) is 0 Å². The van der Waals surface area contributed by atoms with Crippen LogP contribution in [0.2, 0.25) is 0 Å². The van der Waals surface area contributed by atoms with Crippen LogP contribution in [-0.4, -0.2) is 28.3 Å². The molecule has 0 aromatic heterocycles. The van der Waals surface area contributed by atoms with E-state index in [4.69, 9.17) is 10.2 Å². The Labute approximate surface area is 69.4 Å². The summed E-state index contributed by atoms with van der Waals surface area (Å²) in [6.45, 7) is 0. The minimum atomic E-state index is -0.929. The lowest BCUT2D eigenvalue weighted by Crippen LogP contribution is -2.42. The summed E-state index contributed by atoms with van der Waals surface area (Å²) in [6.07, 6.45) is -0.401. The van der Waals surface area contributed by atoms with Gasteiger partial charge in [-0.05, 0) is 12.3 Å². The lowest BCUT2D eigenvalue weighted by atomic mass is 9.93. The predicted octanol–water partition coefficient (Wildman–Crippen LogP) is -0.694. The van der Waals surface area contributed by atoms with Crippen molar-refractivity contribution in [1.29, 1.82) is 0 Å². The van der Waals surface area contributed by atoms with Gasteiger partial charge in [0.2, 0.25) is 5.91 Å². The molecule has 0 aromatic rings. The number of hydrogen-bond donors (Lipinski definition) is 3. The third-order valence-electron chi connectivity index (χ3n) is 1.82. The third-order valence-corrected chi connectivity index (χ3v) is 1.82. The summed E-state index contributed by atoms with van der Waals surface area (Å²) < 4.78 is 0. The van der Waals surface area contributed by atoms with E-state index in [1.54, 1.807) is 0 Å². The summed E-state index contributed by atoms with van der Waals surface area (Å²) in [4.78, 5) is 21.1. The van der Waals surface area contributed by atoms with E-state index in [-0.39, 0.29) is 24.7 Å². The number of aliphatic carboxylic acids is 1. The van der Waals surface area contributed by atoms with Gasteiger partial charge in [-0.2, -0.15) is 0 Å². The first kappa shape index (κ1) is 8.99. The molecule has 1 heterocycles. The van der Waals surface area contributed by atoms with Gasteiger partial charge in [-0.15, -0.1) is 0 Å². The molecule has 2 atom stereocenters. The van der Waals surface area contributed by atoms with Crippen molar-refractivity contribution in [3.63, 3.8) is 0 Å². The molecule has 0 radical (unpaired) electrons. The largest absolute Gasteiger partial charge is 0.481 e. The van der Waals surface area contributed by atoms with Gasteiger partial charge in [0.05, 0.1) is 0 Å². The first-order valence-electron chi connectivity index (χ1n) is 3.77. The summed E-state index contributed by atoms with van der Waals surface area (Å²) in [7, 11) is 0. The highest BCUT2D eigenvalue weighted by molar-refractivity contribution is 5.78. The average molecular weight is 173 g/mol. The van der Waals surface area contributed by atoms with E-state index in [2.05, 4.69) is 5.32 Å². The standard InChI is InChI=1S/C7H11NO4/c9-5-1-4(3-7(11)12)2-6(10)8-5/h4-5,9H,1-3H2,(H,8,10)(H,11,12). The topological polar surface area (TPSA) is 86.6 Å². The van der Waals surface area contributed by atoms with E-state index >= 15 is 0 Å². The maximum Gasteiger partial charge on any atom is 0.303 e. The minimum Gasteiger partial charge on any atom is -0.481 e. The van der Waals surface area contributed by atoms with Crippen molar-refractivity contribution in [2.45, 2.75) is 25.5 Å². The summed E-state index contributed by atoms with van der Waals surface area (Å²) in [6, 6.07) is 0. The number of piperidine rings is 1. The van der Waals surface area contributed by atoms with E-state index in [1.807, 2.05) is 0 Å². The lowest BCUT2D eigenvalue weighted by Gasteiger charge is -2.24. The molecule has 0 aliphatic carbocycles. The quantitative estimate of drug-likeness (QED) is 0.515. The van der Waals surface area contributed by atoms with Gasteiger partial charge >= 0.3 is 5.97 Å². The van der Waals surface area contributed by atoms with Crippen LogP contribution in [0.1, 0.15) is 19.3 Å². The number of hydrogen-bond acceptors (Lipinski definition) is 3. The summed E-state index contributed by atoms with van der Waals surface area (Å²) in [5.41, 5.74) is 0. The van der Waals surface area contributed by atoms with Crippen LogP contribution in [0.4, 0.5) is 0 Å². The van der Waals surface area contributed by atoms with Crippen molar-refractivity contribution in [3.05, 3.63) is 0 Å². The molecule has 12 heavy (non-hydrogen) atoms. The molecule has 0 aromatic carbocycles. The molecule has 1 saturated heterocycles. The van der Waals surface area contributed by atoms with Crippen molar-refractivity contribution in [1.82, 2.24) is 5.32 Å². The molecule has 0 saturated carbocycles. The first-order valence-corrected chi connectivity index (χ1v) is 3.77. The van der Waals surface area contributed by atoms with Crippen LogP contribution < -0.4 is 5.32 Å². The van der Waals surface area contributed by atoms with Crippen LogP contribution in [0.3, 0.4) is 0 Å². The van der Waals surface area contributed by atoms with E-state index in [0.29, 0.717) is 6.42 Å². The Morgan fingerprint density at radius 3 is 2.83 bits per heavy atom. The Balaban J connectivity index is 2.44. The molecule has 0 bridgehead atoms. The SMILES string of the molecule is O=C(O)CC1CC(=O)NC(O)C1. The van der Waals surface area contributed by atoms with Gasteiger partial charge in [0.1, 0.15) is 6.23 Å². The smallest absolute Gasteiger partial charge is 0.303 e. The molecule has 5 nitrogen and oxygen atoms in total. The number of carbonyl (C=O) groups is 2. The van der Waals surface area contributed by atoms with Crippen molar-refractivity contribution < 1.29 is 19.8 Å². The van der Waals surface area contributed by atoms with Crippen LogP contribution >= 0.6 is 0 Å². The fourth-order valence-corrected chi connectivity index (χ4v) is 1.37. The number of aliphatic hydroxyl groups is 1. The number of carbonyl (C=O) groups excluding carboxylic acids is 1. The summed E-state index contributed by atoms with van der Waals surface area (Å²) in [5, 5.41) is 19.8. The molecular formula is C7H11NO4. The van der Waals surface area contributed by atoms with Crippen molar-refractivity contribution in [2.24, 2.45) is 5.92 Å². The van der Waals surface area contributed by atoms with Crippen molar-refractivity contribution in [2.75, 3.05) is 0 Å². The van der Waals surface area contributed by atoms with Crippen LogP contribution in [0.25, 0.3) is 0 Å². The van der Waals surface area contributed by atoms with Gasteiger partial charge in [-0.25, -0.2) is 0 Å². The van der Waals surface area contributed by atoms with E-state index in [0.717, 1.165) is 0 Å². The number of amides is 1. The van der Waals surface area contributed by atoms with Gasteiger partial charge < -0.3 is 15.5 Å². The molecule has 1 aliphatic rings. The first-order chi connectivity index (χ1) is 5.58. The van der Waals surface area contributed by atoms with E-state index in [9.17, 15) is 9.59 Å². The van der Waals surface area contributed by atoms with E-state index in [1.165, 1.54) is 0 Å². The fourth-order valence-electron chi connectivity index (χ4n) is 1.37. The highest BCUT2D eigenvalue weighted by Gasteiger charge is 2.26. The Morgan fingerprint density at radius 1 is 1.67 bits per heavy atom. The van der Waals surface area contributed by atoms with Crippen molar-refractivity contribution in [3.8, 4) is 0 Å². The maximum atomic E-state index is 10.8. The second kappa shape index (κ2) is 3.53. The number of nitrogens with one attached hydrogen (secondary N) is 1. The fraction of sp³-hybridized carbons (Fsp3) is 0.714. The molecule has 1 amide bonds. The molecule has 68 valence electrons. The highest BCUT2D eigenvalue weighted by atomic mass is 16.4. The Morgan fingerprint density at radius 2 is 2.33 bits per heavy atom. The Hall–Kier alpha value is -1.10. The monoisotopic (exact) mass is 173 g/mol. The van der Waals surface area contributed by atoms with Gasteiger partial charge in [0.15, 0.2) is 0 Å². The minimum absolute atomic E-state index is 0.0511. The molecule has 1 aliphatic heterocycles. The predicted molar refractivity (Wildman–Crippen MR) is 39.1 cm³/mol. The molecular weight excluding hydrogens is 162 g/mol. The number of carboxylic acid groups (broad SMARTS) is 1. The Kier molecular flexibility index (Phi) is 2.65. The summed E-state index contributed by atoms with van der Waals surface area (Å²) in [5.74, 6) is -1.44. The number of rotatable bonds is 2. The molecule has 1 rings (SSSR count). The van der Waals surface area contributed by atoms with Crippen LogP contribution in [0, 0.1) is 5.92 Å². The average Bonchev–Trinajstić information content (AvgIpc) is 1.81. The van der Waals surface area contributed by atoms with Crippen LogP contribution in [0.5, 0.6) is 0 Å². The van der Waals surface area contributed by atoms with Crippen LogP contribution in [0.15, 0.2) is 0 Å². The molecule has 5 heteroatoms. The molecule has 1 fully saturated rings. The lowest BCUT2D eigenvalue weighted by molar-refractivity contribution is -0.139. The molecule has 2 unspecified atom stereocenters.